The Morgan fingerprint density at radius 1 is 1.29 bits per heavy atom. The minimum absolute atomic E-state index is 0.0598. The molecule has 1 N–H and O–H groups in total. The first kappa shape index (κ1) is 15.3. The van der Waals surface area contributed by atoms with Crippen molar-refractivity contribution in [2.75, 3.05) is 5.32 Å². The maximum absolute atomic E-state index is 10.8. The van der Waals surface area contributed by atoms with Gasteiger partial charge in [-0.1, -0.05) is 41.9 Å². The van der Waals surface area contributed by atoms with Gasteiger partial charge < -0.3 is 5.32 Å². The molecule has 0 saturated carbocycles. The van der Waals surface area contributed by atoms with E-state index in [4.69, 9.17) is 11.6 Å². The molecule has 21 heavy (non-hydrogen) atoms. The number of nitrogens with one attached hydrogen (secondary N) is 1. The lowest BCUT2D eigenvalue weighted by molar-refractivity contribution is -0.384. The van der Waals surface area contributed by atoms with Crippen LogP contribution in [0, 0.1) is 17.0 Å². The normalized spacial score (nSPS) is 12.0. The van der Waals surface area contributed by atoms with Crippen LogP contribution in [0.15, 0.2) is 42.5 Å². The van der Waals surface area contributed by atoms with E-state index in [0.29, 0.717) is 0 Å². The van der Waals surface area contributed by atoms with Crippen LogP contribution in [0.1, 0.15) is 18.1 Å². The number of benzene rings is 2. The first-order chi connectivity index (χ1) is 9.97. The summed E-state index contributed by atoms with van der Waals surface area (Å²) in [6.07, 6.45) is 0.870. The molecular formula is C16H17ClN2O2. The van der Waals surface area contributed by atoms with Gasteiger partial charge in [0.2, 0.25) is 0 Å². The number of nitro benzene ring substituents is 1. The second-order valence-electron chi connectivity index (χ2n) is 5.11. The molecule has 0 saturated heterocycles. The van der Waals surface area contributed by atoms with Crippen molar-refractivity contribution in [3.63, 3.8) is 0 Å². The third-order valence-corrected chi connectivity index (χ3v) is 3.58. The molecule has 0 heterocycles. The van der Waals surface area contributed by atoms with Crippen LogP contribution >= 0.6 is 11.6 Å². The van der Waals surface area contributed by atoms with Crippen molar-refractivity contribution in [3.8, 4) is 0 Å². The van der Waals surface area contributed by atoms with E-state index in [1.54, 1.807) is 6.07 Å². The van der Waals surface area contributed by atoms with Crippen molar-refractivity contribution >= 4 is 23.0 Å². The molecule has 110 valence electrons. The highest BCUT2D eigenvalue weighted by Gasteiger charge is 2.15. The fourth-order valence-corrected chi connectivity index (χ4v) is 2.48. The van der Waals surface area contributed by atoms with Gasteiger partial charge in [-0.05, 0) is 37.5 Å². The Hall–Kier alpha value is -2.07. The predicted molar refractivity (Wildman–Crippen MR) is 86.1 cm³/mol. The molecular weight excluding hydrogens is 288 g/mol. The van der Waals surface area contributed by atoms with Gasteiger partial charge in [0.25, 0.3) is 5.69 Å². The molecule has 2 rings (SSSR count). The largest absolute Gasteiger partial charge is 0.382 e. The molecule has 2 aromatic rings. The molecule has 1 atom stereocenters. The summed E-state index contributed by atoms with van der Waals surface area (Å²) in [5.41, 5.74) is 2.82. The second-order valence-corrected chi connectivity index (χ2v) is 5.52. The summed E-state index contributed by atoms with van der Waals surface area (Å²) in [6.45, 7) is 3.91. The molecule has 0 spiro atoms. The van der Waals surface area contributed by atoms with E-state index in [1.165, 1.54) is 11.6 Å². The smallest absolute Gasteiger partial charge is 0.288 e. The van der Waals surface area contributed by atoms with Gasteiger partial charge in [-0.3, -0.25) is 10.1 Å². The van der Waals surface area contributed by atoms with E-state index in [9.17, 15) is 10.1 Å². The fourth-order valence-electron chi connectivity index (χ4n) is 2.25. The molecule has 5 heteroatoms. The van der Waals surface area contributed by atoms with Crippen molar-refractivity contribution in [1.29, 1.82) is 0 Å². The summed E-state index contributed by atoms with van der Waals surface area (Å²) in [6, 6.07) is 13.5. The lowest BCUT2D eigenvalue weighted by Gasteiger charge is -2.17. The Morgan fingerprint density at radius 2 is 1.95 bits per heavy atom. The molecule has 1 unspecified atom stereocenters. The van der Waals surface area contributed by atoms with Crippen LogP contribution in [0.5, 0.6) is 0 Å². The summed E-state index contributed by atoms with van der Waals surface area (Å²) in [5, 5.41) is 14.4. The third-order valence-electron chi connectivity index (χ3n) is 3.28. The minimum atomic E-state index is -0.466. The molecule has 0 radical (unpaired) electrons. The topological polar surface area (TPSA) is 55.2 Å². The lowest BCUT2D eigenvalue weighted by Crippen LogP contribution is -2.18. The van der Waals surface area contributed by atoms with E-state index in [2.05, 4.69) is 24.4 Å². The van der Waals surface area contributed by atoms with E-state index < -0.39 is 4.92 Å². The highest BCUT2D eigenvalue weighted by atomic mass is 35.5. The van der Waals surface area contributed by atoms with Crippen molar-refractivity contribution in [2.45, 2.75) is 26.3 Å². The van der Waals surface area contributed by atoms with Gasteiger partial charge in [0.1, 0.15) is 5.02 Å². The Kier molecular flexibility index (Phi) is 4.81. The van der Waals surface area contributed by atoms with Crippen LogP contribution in [-0.4, -0.2) is 11.0 Å². The van der Waals surface area contributed by atoms with E-state index in [0.717, 1.165) is 17.7 Å². The summed E-state index contributed by atoms with van der Waals surface area (Å²) < 4.78 is 0. The van der Waals surface area contributed by atoms with Crippen molar-refractivity contribution in [2.24, 2.45) is 0 Å². The van der Waals surface area contributed by atoms with Gasteiger partial charge in [-0.25, -0.2) is 0 Å². The number of hydrogen-bond donors (Lipinski definition) is 1. The second kappa shape index (κ2) is 6.59. The first-order valence-corrected chi connectivity index (χ1v) is 7.10. The van der Waals surface area contributed by atoms with Gasteiger partial charge in [-0.15, -0.1) is 0 Å². The Bertz CT molecular complexity index is 644. The summed E-state index contributed by atoms with van der Waals surface area (Å²) in [4.78, 5) is 10.4. The molecule has 0 amide bonds. The Labute approximate surface area is 128 Å². The first-order valence-electron chi connectivity index (χ1n) is 6.72. The number of nitro groups is 1. The Morgan fingerprint density at radius 3 is 2.57 bits per heavy atom. The molecule has 0 aliphatic carbocycles. The molecule has 4 nitrogen and oxygen atoms in total. The number of aryl methyl sites for hydroxylation is 1. The minimum Gasteiger partial charge on any atom is -0.382 e. The molecule has 0 bridgehead atoms. The van der Waals surface area contributed by atoms with Gasteiger partial charge in [0, 0.05) is 17.8 Å². The molecule has 2 aromatic carbocycles. The van der Waals surface area contributed by atoms with Crippen LogP contribution in [0.2, 0.25) is 5.02 Å². The number of hydrogen-bond acceptors (Lipinski definition) is 3. The number of nitrogens with zero attached hydrogens (tertiary/aromatic N) is 1. The molecule has 0 aromatic heterocycles. The summed E-state index contributed by atoms with van der Waals surface area (Å²) in [7, 11) is 0. The zero-order chi connectivity index (χ0) is 15.4. The zero-order valence-electron chi connectivity index (χ0n) is 12.0. The zero-order valence-corrected chi connectivity index (χ0v) is 12.7. The fraction of sp³-hybridized carbons (Fsp3) is 0.250. The van der Waals surface area contributed by atoms with E-state index in [-0.39, 0.29) is 16.8 Å². The van der Waals surface area contributed by atoms with Crippen LogP contribution in [0.25, 0.3) is 0 Å². The van der Waals surface area contributed by atoms with E-state index in [1.807, 2.05) is 25.1 Å². The highest BCUT2D eigenvalue weighted by Crippen LogP contribution is 2.31. The van der Waals surface area contributed by atoms with Gasteiger partial charge in [0.15, 0.2) is 0 Å². The van der Waals surface area contributed by atoms with Crippen LogP contribution in [-0.2, 0) is 6.42 Å². The highest BCUT2D eigenvalue weighted by molar-refractivity contribution is 6.33. The van der Waals surface area contributed by atoms with E-state index >= 15 is 0 Å². The monoisotopic (exact) mass is 304 g/mol. The van der Waals surface area contributed by atoms with Crippen LogP contribution in [0.4, 0.5) is 11.4 Å². The predicted octanol–water partition coefficient (Wildman–Crippen LogP) is 4.60. The molecule has 0 fully saturated rings. The van der Waals surface area contributed by atoms with Crippen LogP contribution in [0.3, 0.4) is 0 Å². The number of halogens is 1. The lowest BCUT2D eigenvalue weighted by atomic mass is 10.1. The average molecular weight is 305 g/mol. The van der Waals surface area contributed by atoms with Crippen molar-refractivity contribution in [1.82, 2.24) is 0 Å². The van der Waals surface area contributed by atoms with Gasteiger partial charge >= 0.3 is 0 Å². The van der Waals surface area contributed by atoms with Gasteiger partial charge in [-0.2, -0.15) is 0 Å². The average Bonchev–Trinajstić information content (AvgIpc) is 2.43. The summed E-state index contributed by atoms with van der Waals surface area (Å²) >= 11 is 5.96. The Balaban J connectivity index is 2.12. The molecule has 0 aliphatic heterocycles. The van der Waals surface area contributed by atoms with Crippen molar-refractivity contribution in [3.05, 3.63) is 68.7 Å². The maximum Gasteiger partial charge on any atom is 0.288 e. The number of rotatable bonds is 5. The SMILES string of the molecule is Cc1cc([N+](=O)[O-])c(Cl)cc1NC(C)Cc1ccccc1. The quantitative estimate of drug-likeness (QED) is 0.649. The third kappa shape index (κ3) is 3.95. The molecule has 0 aliphatic rings. The summed E-state index contributed by atoms with van der Waals surface area (Å²) in [5.74, 6) is 0. The van der Waals surface area contributed by atoms with Gasteiger partial charge in [0.05, 0.1) is 4.92 Å². The maximum atomic E-state index is 10.8. The van der Waals surface area contributed by atoms with Crippen LogP contribution < -0.4 is 5.32 Å². The number of anilines is 1. The van der Waals surface area contributed by atoms with Crippen molar-refractivity contribution < 1.29 is 4.92 Å². The standard InChI is InChI=1S/C16H17ClN2O2/c1-11-8-16(19(20)21)14(17)10-15(11)18-12(2)9-13-6-4-3-5-7-13/h3-8,10,12,18H,9H2,1-2H3.